The van der Waals surface area contributed by atoms with Crippen molar-refractivity contribution in [3.05, 3.63) is 64.7 Å². The van der Waals surface area contributed by atoms with E-state index in [0.717, 1.165) is 43.5 Å². The fraction of sp³-hybridized carbons (Fsp3) is 0.478. The molecule has 2 fully saturated rings. The number of carbonyl (C=O) groups is 1. The second-order valence-corrected chi connectivity index (χ2v) is 7.83. The summed E-state index contributed by atoms with van der Waals surface area (Å²) in [5.74, 6) is 1.14. The number of pyridine rings is 1. The Kier molecular flexibility index (Phi) is 4.88. The molecule has 0 N–H and O–H groups in total. The zero-order valence-electron chi connectivity index (χ0n) is 15.4. The van der Waals surface area contributed by atoms with E-state index in [2.05, 4.69) is 19.1 Å². The predicted octanol–water partition coefficient (Wildman–Crippen LogP) is 5.82. The maximum Gasteiger partial charge on any atom is 0.184 e. The molecular formula is C23H26FNO. The Balaban J connectivity index is 1.47. The standard InChI is InChI=1S/C23H26FNO/c1-2-20-13-14-21(17-5-6-17)22(25-20)23(26)18-7-3-15(4-8-18)16-9-11-19(24)12-10-16/h9-15,17-18H,2-8H2,1H3. The lowest BCUT2D eigenvalue weighted by Gasteiger charge is -2.28. The highest BCUT2D eigenvalue weighted by atomic mass is 19.1. The summed E-state index contributed by atoms with van der Waals surface area (Å²) in [4.78, 5) is 17.9. The van der Waals surface area contributed by atoms with Gasteiger partial charge in [0.1, 0.15) is 11.5 Å². The monoisotopic (exact) mass is 351 g/mol. The Bertz CT molecular complexity index is 786. The van der Waals surface area contributed by atoms with E-state index in [1.165, 1.54) is 36.1 Å². The number of hydrogen-bond acceptors (Lipinski definition) is 2. The topological polar surface area (TPSA) is 30.0 Å². The van der Waals surface area contributed by atoms with Gasteiger partial charge in [-0.1, -0.05) is 25.1 Å². The van der Waals surface area contributed by atoms with Crippen LogP contribution in [0.5, 0.6) is 0 Å². The van der Waals surface area contributed by atoms with E-state index in [0.29, 0.717) is 11.8 Å². The van der Waals surface area contributed by atoms with Crippen LogP contribution in [0.15, 0.2) is 36.4 Å². The SMILES string of the molecule is CCc1ccc(C2CC2)c(C(=O)C2CCC(c3ccc(F)cc3)CC2)n1. The Morgan fingerprint density at radius 1 is 0.962 bits per heavy atom. The third-order valence-electron chi connectivity index (χ3n) is 6.04. The van der Waals surface area contributed by atoms with Crippen molar-refractivity contribution in [1.82, 2.24) is 4.98 Å². The fourth-order valence-corrected chi connectivity index (χ4v) is 4.25. The second-order valence-electron chi connectivity index (χ2n) is 7.83. The molecule has 4 rings (SSSR count). The highest BCUT2D eigenvalue weighted by molar-refractivity contribution is 5.97. The van der Waals surface area contributed by atoms with Crippen molar-refractivity contribution in [2.75, 3.05) is 0 Å². The van der Waals surface area contributed by atoms with Gasteiger partial charge in [-0.25, -0.2) is 9.37 Å². The molecule has 0 radical (unpaired) electrons. The number of aryl methyl sites for hydroxylation is 1. The Hall–Kier alpha value is -2.03. The molecule has 136 valence electrons. The van der Waals surface area contributed by atoms with E-state index in [4.69, 9.17) is 4.98 Å². The van der Waals surface area contributed by atoms with E-state index in [9.17, 15) is 9.18 Å². The van der Waals surface area contributed by atoms with E-state index >= 15 is 0 Å². The van der Waals surface area contributed by atoms with Crippen molar-refractivity contribution in [1.29, 1.82) is 0 Å². The van der Waals surface area contributed by atoms with Crippen LogP contribution in [0.3, 0.4) is 0 Å². The lowest BCUT2D eigenvalue weighted by molar-refractivity contribution is 0.0877. The summed E-state index contributed by atoms with van der Waals surface area (Å²) in [6.07, 6.45) is 7.03. The van der Waals surface area contributed by atoms with Crippen molar-refractivity contribution in [2.45, 2.75) is 63.7 Å². The van der Waals surface area contributed by atoms with Gasteiger partial charge >= 0.3 is 0 Å². The first-order chi connectivity index (χ1) is 12.7. The summed E-state index contributed by atoms with van der Waals surface area (Å²) in [6, 6.07) is 11.1. The fourth-order valence-electron chi connectivity index (χ4n) is 4.25. The normalized spacial score (nSPS) is 23.0. The van der Waals surface area contributed by atoms with Gasteiger partial charge in [0.15, 0.2) is 5.78 Å². The lowest BCUT2D eigenvalue weighted by atomic mass is 9.76. The molecule has 0 atom stereocenters. The quantitative estimate of drug-likeness (QED) is 0.636. The minimum Gasteiger partial charge on any atom is -0.292 e. The van der Waals surface area contributed by atoms with Gasteiger partial charge in [0.25, 0.3) is 0 Å². The highest BCUT2D eigenvalue weighted by Crippen LogP contribution is 2.43. The maximum absolute atomic E-state index is 13.2. The minimum absolute atomic E-state index is 0.0869. The minimum atomic E-state index is -0.188. The van der Waals surface area contributed by atoms with Crippen LogP contribution in [0.4, 0.5) is 4.39 Å². The van der Waals surface area contributed by atoms with Crippen LogP contribution < -0.4 is 0 Å². The third kappa shape index (κ3) is 3.58. The first kappa shape index (κ1) is 17.4. The van der Waals surface area contributed by atoms with Crippen LogP contribution in [-0.4, -0.2) is 10.8 Å². The van der Waals surface area contributed by atoms with Gasteiger partial charge in [-0.2, -0.15) is 0 Å². The van der Waals surface area contributed by atoms with Crippen LogP contribution >= 0.6 is 0 Å². The van der Waals surface area contributed by atoms with Crippen molar-refractivity contribution in [2.24, 2.45) is 5.92 Å². The number of hydrogen-bond donors (Lipinski definition) is 0. The van der Waals surface area contributed by atoms with Gasteiger partial charge in [0, 0.05) is 11.6 Å². The molecule has 0 unspecified atom stereocenters. The van der Waals surface area contributed by atoms with Crippen molar-refractivity contribution < 1.29 is 9.18 Å². The number of carbonyl (C=O) groups excluding carboxylic acids is 1. The summed E-state index contributed by atoms with van der Waals surface area (Å²) >= 11 is 0. The van der Waals surface area contributed by atoms with E-state index in [1.807, 2.05) is 12.1 Å². The lowest BCUT2D eigenvalue weighted by Crippen LogP contribution is -2.23. The molecule has 3 heteroatoms. The van der Waals surface area contributed by atoms with Crippen molar-refractivity contribution >= 4 is 5.78 Å². The van der Waals surface area contributed by atoms with Crippen LogP contribution in [-0.2, 0) is 6.42 Å². The van der Waals surface area contributed by atoms with E-state index in [-0.39, 0.29) is 17.5 Å². The van der Waals surface area contributed by atoms with E-state index < -0.39 is 0 Å². The molecule has 1 heterocycles. The number of ketones is 1. The Morgan fingerprint density at radius 3 is 2.23 bits per heavy atom. The summed E-state index contributed by atoms with van der Waals surface area (Å²) in [6.45, 7) is 2.08. The first-order valence-corrected chi connectivity index (χ1v) is 9.95. The smallest absolute Gasteiger partial charge is 0.184 e. The number of rotatable bonds is 5. The van der Waals surface area contributed by atoms with Gasteiger partial charge in [-0.15, -0.1) is 0 Å². The van der Waals surface area contributed by atoms with Crippen molar-refractivity contribution in [3.8, 4) is 0 Å². The zero-order valence-corrected chi connectivity index (χ0v) is 15.4. The van der Waals surface area contributed by atoms with Crippen LogP contribution in [0.25, 0.3) is 0 Å². The molecule has 2 aromatic rings. The van der Waals surface area contributed by atoms with Gasteiger partial charge in [0.2, 0.25) is 0 Å². The Morgan fingerprint density at radius 2 is 1.62 bits per heavy atom. The molecule has 2 aliphatic carbocycles. The first-order valence-electron chi connectivity index (χ1n) is 9.95. The molecule has 0 aliphatic heterocycles. The molecule has 2 aliphatic rings. The Labute approximate surface area is 154 Å². The van der Waals surface area contributed by atoms with Crippen LogP contribution in [0.2, 0.25) is 0 Å². The summed E-state index contributed by atoms with van der Waals surface area (Å²) in [5.41, 5.74) is 4.13. The number of halogens is 1. The molecule has 1 aromatic heterocycles. The molecule has 2 nitrogen and oxygen atoms in total. The largest absolute Gasteiger partial charge is 0.292 e. The van der Waals surface area contributed by atoms with Gasteiger partial charge in [0.05, 0.1) is 0 Å². The maximum atomic E-state index is 13.2. The van der Waals surface area contributed by atoms with Gasteiger partial charge < -0.3 is 0 Å². The third-order valence-corrected chi connectivity index (χ3v) is 6.04. The molecule has 0 bridgehead atoms. The summed E-state index contributed by atoms with van der Waals surface area (Å²) in [5, 5.41) is 0. The van der Waals surface area contributed by atoms with Crippen LogP contribution in [0.1, 0.15) is 84.6 Å². The molecular weight excluding hydrogens is 325 g/mol. The highest BCUT2D eigenvalue weighted by Gasteiger charge is 2.33. The number of benzene rings is 1. The number of aromatic nitrogens is 1. The van der Waals surface area contributed by atoms with Gasteiger partial charge in [-0.05, 0) is 86.1 Å². The average Bonchev–Trinajstić information content (AvgIpc) is 3.53. The molecule has 26 heavy (non-hydrogen) atoms. The molecule has 0 amide bonds. The second kappa shape index (κ2) is 7.30. The number of Topliss-reactive ketones (excluding diaryl/α,β-unsaturated/α-hetero) is 1. The summed E-state index contributed by atoms with van der Waals surface area (Å²) < 4.78 is 13.1. The number of nitrogens with zero attached hydrogens (tertiary/aromatic N) is 1. The molecule has 0 saturated heterocycles. The van der Waals surface area contributed by atoms with Crippen molar-refractivity contribution in [3.63, 3.8) is 0 Å². The summed E-state index contributed by atoms with van der Waals surface area (Å²) in [7, 11) is 0. The molecule has 0 spiro atoms. The molecule has 2 saturated carbocycles. The predicted molar refractivity (Wildman–Crippen MR) is 101 cm³/mol. The zero-order chi connectivity index (χ0) is 18.1. The van der Waals surface area contributed by atoms with E-state index in [1.54, 1.807) is 0 Å². The van der Waals surface area contributed by atoms with Gasteiger partial charge in [-0.3, -0.25) is 4.79 Å². The average molecular weight is 351 g/mol. The van der Waals surface area contributed by atoms with Crippen LogP contribution in [0, 0.1) is 11.7 Å². The molecule has 1 aromatic carbocycles.